The molecule has 0 unspecified atom stereocenters. The van der Waals surface area contributed by atoms with E-state index >= 15 is 0 Å². The predicted octanol–water partition coefficient (Wildman–Crippen LogP) is 3.07. The maximum absolute atomic E-state index is 10.1. The lowest BCUT2D eigenvalue weighted by atomic mass is 9.51. The summed E-state index contributed by atoms with van der Waals surface area (Å²) in [4.78, 5) is 0. The molecule has 1 aromatic rings. The summed E-state index contributed by atoms with van der Waals surface area (Å²) in [7, 11) is 0. The van der Waals surface area contributed by atoms with Crippen molar-refractivity contribution in [3.8, 4) is 18.2 Å². The molecule has 3 aliphatic rings. The van der Waals surface area contributed by atoms with Crippen LogP contribution in [0.15, 0.2) is 30.3 Å². The SMILES string of the molecule is N#CC1(C#N)[C@H](Cc2ccccc2)O[C@@]23CCCC[C@@H]2[C@@]1(C#N)C(=N)O3. The Bertz CT molecular complexity index is 864. The van der Waals surface area contributed by atoms with Crippen molar-refractivity contribution in [3.63, 3.8) is 0 Å². The van der Waals surface area contributed by atoms with Gasteiger partial charge in [0.25, 0.3) is 0 Å². The Balaban J connectivity index is 1.89. The van der Waals surface area contributed by atoms with Crippen LogP contribution < -0.4 is 0 Å². The third kappa shape index (κ3) is 1.79. The van der Waals surface area contributed by atoms with E-state index < -0.39 is 28.6 Å². The van der Waals surface area contributed by atoms with E-state index in [-0.39, 0.29) is 5.90 Å². The summed E-state index contributed by atoms with van der Waals surface area (Å²) < 4.78 is 12.1. The molecular weight excluding hydrogens is 328 g/mol. The van der Waals surface area contributed by atoms with Gasteiger partial charge in [0.2, 0.25) is 11.7 Å². The van der Waals surface area contributed by atoms with Crippen molar-refractivity contribution < 1.29 is 9.47 Å². The van der Waals surface area contributed by atoms with Crippen molar-refractivity contribution in [2.45, 2.75) is 44.0 Å². The molecule has 1 N–H and O–H groups in total. The molecule has 0 spiro atoms. The van der Waals surface area contributed by atoms with Crippen molar-refractivity contribution in [2.75, 3.05) is 0 Å². The Hall–Kier alpha value is -2.88. The zero-order valence-electron chi connectivity index (χ0n) is 14.2. The fraction of sp³-hybridized carbons (Fsp3) is 0.500. The van der Waals surface area contributed by atoms with Crippen molar-refractivity contribution in [1.82, 2.24) is 0 Å². The summed E-state index contributed by atoms with van der Waals surface area (Å²) in [6, 6.07) is 15.8. The van der Waals surface area contributed by atoms with Gasteiger partial charge < -0.3 is 9.47 Å². The van der Waals surface area contributed by atoms with Crippen molar-refractivity contribution in [3.05, 3.63) is 35.9 Å². The molecule has 4 rings (SSSR count). The Morgan fingerprint density at radius 3 is 2.46 bits per heavy atom. The Kier molecular flexibility index (Phi) is 3.55. The van der Waals surface area contributed by atoms with Gasteiger partial charge >= 0.3 is 0 Å². The molecule has 1 aliphatic carbocycles. The molecule has 2 heterocycles. The van der Waals surface area contributed by atoms with Crippen LogP contribution in [0.3, 0.4) is 0 Å². The highest BCUT2D eigenvalue weighted by Crippen LogP contribution is 2.66. The van der Waals surface area contributed by atoms with Crippen molar-refractivity contribution in [2.24, 2.45) is 16.7 Å². The first-order valence-corrected chi connectivity index (χ1v) is 8.82. The maximum Gasteiger partial charge on any atom is 0.217 e. The smallest absolute Gasteiger partial charge is 0.217 e. The highest BCUT2D eigenvalue weighted by atomic mass is 16.7. The van der Waals surface area contributed by atoms with Crippen molar-refractivity contribution >= 4 is 5.90 Å². The van der Waals surface area contributed by atoms with Crippen LogP contribution in [0.2, 0.25) is 0 Å². The molecule has 2 bridgehead atoms. The minimum atomic E-state index is -1.78. The standard InChI is InChI=1S/C20H18N4O2/c21-11-18(12-22)16(10-14-6-2-1-3-7-14)25-20-9-5-4-8-15(20)19(18,13-23)17(24)26-20/h1-3,6-7,15-16,24H,4-5,8-10H2/t15-,16+,19+,20-/m1/s1. The van der Waals surface area contributed by atoms with Crippen LogP contribution in [0, 0.1) is 56.2 Å². The molecule has 4 atom stereocenters. The lowest BCUT2D eigenvalue weighted by molar-refractivity contribution is -0.291. The van der Waals surface area contributed by atoms with Gasteiger partial charge in [-0.3, -0.25) is 5.41 Å². The molecule has 2 aliphatic heterocycles. The number of nitriles is 3. The second kappa shape index (κ2) is 5.56. The summed E-state index contributed by atoms with van der Waals surface area (Å²) >= 11 is 0. The largest absolute Gasteiger partial charge is 0.447 e. The summed E-state index contributed by atoms with van der Waals surface area (Å²) in [5.74, 6) is -1.82. The van der Waals surface area contributed by atoms with Gasteiger partial charge in [0.1, 0.15) is 6.10 Å². The predicted molar refractivity (Wildman–Crippen MR) is 90.2 cm³/mol. The van der Waals surface area contributed by atoms with Gasteiger partial charge in [-0.1, -0.05) is 36.8 Å². The molecule has 1 aromatic carbocycles. The van der Waals surface area contributed by atoms with Crippen LogP contribution in [-0.2, 0) is 15.9 Å². The van der Waals surface area contributed by atoms with Crippen LogP contribution in [0.1, 0.15) is 31.2 Å². The molecule has 1 saturated carbocycles. The zero-order valence-corrected chi connectivity index (χ0v) is 14.2. The van der Waals surface area contributed by atoms with Gasteiger partial charge in [-0.15, -0.1) is 0 Å². The van der Waals surface area contributed by atoms with E-state index in [9.17, 15) is 15.8 Å². The Morgan fingerprint density at radius 2 is 1.81 bits per heavy atom. The van der Waals surface area contributed by atoms with Crippen LogP contribution in [0.4, 0.5) is 0 Å². The second-order valence-corrected chi connectivity index (χ2v) is 7.29. The molecule has 2 saturated heterocycles. The molecule has 0 radical (unpaired) electrons. The minimum absolute atomic E-state index is 0.287. The Labute approximate surface area is 152 Å². The summed E-state index contributed by atoms with van der Waals surface area (Å²) in [5, 5.41) is 38.7. The van der Waals surface area contributed by atoms with E-state index in [2.05, 4.69) is 18.2 Å². The summed E-state index contributed by atoms with van der Waals surface area (Å²) in [6.07, 6.45) is 2.40. The van der Waals surface area contributed by atoms with Crippen LogP contribution in [0.5, 0.6) is 0 Å². The van der Waals surface area contributed by atoms with E-state index in [1.165, 1.54) is 0 Å². The number of nitrogens with one attached hydrogen (secondary N) is 1. The third-order valence-corrected chi connectivity index (χ3v) is 6.19. The minimum Gasteiger partial charge on any atom is -0.447 e. The fourth-order valence-corrected chi connectivity index (χ4v) is 4.98. The maximum atomic E-state index is 10.1. The first-order chi connectivity index (χ1) is 12.6. The molecular formula is C20H18N4O2. The first-order valence-electron chi connectivity index (χ1n) is 8.82. The second-order valence-electron chi connectivity index (χ2n) is 7.29. The average molecular weight is 346 g/mol. The number of hydrogen-bond donors (Lipinski definition) is 1. The van der Waals surface area contributed by atoms with Crippen LogP contribution >= 0.6 is 0 Å². The van der Waals surface area contributed by atoms with E-state index in [1.807, 2.05) is 30.3 Å². The lowest BCUT2D eigenvalue weighted by Crippen LogP contribution is -2.63. The Morgan fingerprint density at radius 1 is 1.08 bits per heavy atom. The molecule has 3 fully saturated rings. The molecule has 26 heavy (non-hydrogen) atoms. The molecule has 6 nitrogen and oxygen atoms in total. The van der Waals surface area contributed by atoms with Gasteiger partial charge in [-0.05, 0) is 18.4 Å². The highest BCUT2D eigenvalue weighted by Gasteiger charge is 2.80. The number of hydrogen-bond acceptors (Lipinski definition) is 6. The average Bonchev–Trinajstić information content (AvgIpc) is 2.88. The third-order valence-electron chi connectivity index (χ3n) is 6.19. The number of rotatable bonds is 2. The van der Waals surface area contributed by atoms with Crippen LogP contribution in [-0.4, -0.2) is 17.8 Å². The van der Waals surface area contributed by atoms with Crippen LogP contribution in [0.25, 0.3) is 0 Å². The van der Waals surface area contributed by atoms with E-state index in [4.69, 9.17) is 14.9 Å². The lowest BCUT2D eigenvalue weighted by Gasteiger charge is -2.51. The number of benzene rings is 1. The summed E-state index contributed by atoms with van der Waals surface area (Å²) in [5.41, 5.74) is -2.46. The number of ether oxygens (including phenoxy) is 2. The topological polar surface area (TPSA) is 114 Å². The summed E-state index contributed by atoms with van der Waals surface area (Å²) in [6.45, 7) is 0. The fourth-order valence-electron chi connectivity index (χ4n) is 4.98. The number of nitrogens with zero attached hydrogens (tertiary/aromatic N) is 3. The quantitative estimate of drug-likeness (QED) is 0.884. The normalized spacial score (nSPS) is 36.7. The monoisotopic (exact) mass is 346 g/mol. The van der Waals surface area contributed by atoms with Crippen molar-refractivity contribution in [1.29, 1.82) is 21.2 Å². The van der Waals surface area contributed by atoms with Gasteiger partial charge in [-0.25, -0.2) is 0 Å². The zero-order chi connectivity index (χ0) is 18.4. The molecule has 6 heteroatoms. The van der Waals surface area contributed by atoms with E-state index in [1.54, 1.807) is 0 Å². The highest BCUT2D eigenvalue weighted by molar-refractivity contribution is 5.89. The van der Waals surface area contributed by atoms with Gasteiger partial charge in [0, 0.05) is 12.8 Å². The van der Waals surface area contributed by atoms with Gasteiger partial charge in [0.15, 0.2) is 10.8 Å². The molecule has 0 amide bonds. The van der Waals surface area contributed by atoms with Gasteiger partial charge in [0.05, 0.1) is 24.1 Å². The van der Waals surface area contributed by atoms with E-state index in [0.29, 0.717) is 19.3 Å². The van der Waals surface area contributed by atoms with E-state index in [0.717, 1.165) is 18.4 Å². The molecule has 0 aromatic heterocycles. The first kappa shape index (κ1) is 16.6. The van der Waals surface area contributed by atoms with Gasteiger partial charge in [-0.2, -0.15) is 15.8 Å². The molecule has 130 valence electrons.